The lowest BCUT2D eigenvalue weighted by Gasteiger charge is -2.09. The van der Waals surface area contributed by atoms with Gasteiger partial charge in [-0.05, 0) is 31.0 Å². The van der Waals surface area contributed by atoms with E-state index in [9.17, 15) is 0 Å². The molecule has 4 heteroatoms. The van der Waals surface area contributed by atoms with Crippen LogP contribution >= 0.6 is 0 Å². The molecule has 0 saturated heterocycles. The van der Waals surface area contributed by atoms with Gasteiger partial charge in [-0.15, -0.1) is 0 Å². The van der Waals surface area contributed by atoms with E-state index in [0.29, 0.717) is 11.7 Å². The number of hydrogen-bond donors (Lipinski definition) is 1. The molecule has 0 aliphatic heterocycles. The lowest BCUT2D eigenvalue weighted by molar-refractivity contribution is 0.457. The van der Waals surface area contributed by atoms with E-state index in [-0.39, 0.29) is 0 Å². The molecule has 0 bridgehead atoms. The number of hydrogen-bond acceptors (Lipinski definition) is 4. The van der Waals surface area contributed by atoms with Gasteiger partial charge in [-0.1, -0.05) is 12.1 Å². The Hall–Kier alpha value is -2.10. The summed E-state index contributed by atoms with van der Waals surface area (Å²) in [6.45, 7) is 4.04. The zero-order valence-electron chi connectivity index (χ0n) is 9.27. The summed E-state index contributed by atoms with van der Waals surface area (Å²) in [7, 11) is 0. The normalized spacial score (nSPS) is 10.1. The Labute approximate surface area is 94.1 Å². The van der Waals surface area contributed by atoms with Crippen LogP contribution in [0, 0.1) is 13.8 Å². The monoisotopic (exact) mass is 215 g/mol. The van der Waals surface area contributed by atoms with Crippen molar-refractivity contribution in [3.63, 3.8) is 0 Å². The molecule has 1 heterocycles. The fraction of sp³-hybridized carbons (Fsp3) is 0.167. The van der Waals surface area contributed by atoms with Gasteiger partial charge < -0.3 is 10.5 Å². The summed E-state index contributed by atoms with van der Waals surface area (Å²) in [5.74, 6) is 1.54. The van der Waals surface area contributed by atoms with Crippen molar-refractivity contribution in [1.82, 2.24) is 9.97 Å². The van der Waals surface area contributed by atoms with E-state index in [2.05, 4.69) is 9.97 Å². The summed E-state index contributed by atoms with van der Waals surface area (Å²) in [6.07, 6.45) is 3.02. The Morgan fingerprint density at radius 2 is 2.00 bits per heavy atom. The van der Waals surface area contributed by atoms with E-state index in [1.165, 1.54) is 18.0 Å². The van der Waals surface area contributed by atoms with Crippen LogP contribution in [0.15, 0.2) is 30.6 Å². The molecular formula is C12H13N3O. The largest absolute Gasteiger partial charge is 0.437 e. The van der Waals surface area contributed by atoms with Gasteiger partial charge in [0.1, 0.15) is 11.6 Å². The average molecular weight is 215 g/mol. The Kier molecular flexibility index (Phi) is 2.72. The number of benzene rings is 1. The second kappa shape index (κ2) is 4.18. The second-order valence-electron chi connectivity index (χ2n) is 3.58. The number of nitrogens with two attached hydrogens (primary N) is 1. The first-order valence-corrected chi connectivity index (χ1v) is 4.98. The number of anilines is 1. The summed E-state index contributed by atoms with van der Waals surface area (Å²) in [5.41, 5.74) is 7.79. The van der Waals surface area contributed by atoms with Crippen LogP contribution in [-0.2, 0) is 0 Å². The van der Waals surface area contributed by atoms with Crippen LogP contribution in [-0.4, -0.2) is 9.97 Å². The van der Waals surface area contributed by atoms with Crippen molar-refractivity contribution in [3.8, 4) is 11.6 Å². The fourth-order valence-corrected chi connectivity index (χ4v) is 1.36. The molecule has 0 atom stereocenters. The van der Waals surface area contributed by atoms with Crippen LogP contribution in [0.5, 0.6) is 11.6 Å². The molecule has 0 saturated carbocycles. The Bertz CT molecular complexity index is 511. The summed E-state index contributed by atoms with van der Waals surface area (Å²) < 4.78 is 5.62. The van der Waals surface area contributed by atoms with E-state index in [1.807, 2.05) is 32.0 Å². The number of ether oxygens (including phenoxy) is 1. The van der Waals surface area contributed by atoms with Crippen molar-refractivity contribution in [2.75, 3.05) is 5.73 Å². The molecule has 0 fully saturated rings. The highest BCUT2D eigenvalue weighted by molar-refractivity contribution is 5.40. The third kappa shape index (κ3) is 2.11. The zero-order chi connectivity index (χ0) is 11.5. The highest BCUT2D eigenvalue weighted by atomic mass is 16.5. The minimum absolute atomic E-state index is 0.350. The first-order chi connectivity index (χ1) is 7.66. The van der Waals surface area contributed by atoms with Gasteiger partial charge in [0.2, 0.25) is 5.88 Å². The predicted molar refractivity (Wildman–Crippen MR) is 62.4 cm³/mol. The van der Waals surface area contributed by atoms with E-state index in [1.54, 1.807) is 0 Å². The highest BCUT2D eigenvalue weighted by Crippen LogP contribution is 2.25. The second-order valence-corrected chi connectivity index (χ2v) is 3.58. The molecule has 0 spiro atoms. The molecule has 0 amide bonds. The number of aryl methyl sites for hydroxylation is 1. The van der Waals surface area contributed by atoms with Crippen LogP contribution < -0.4 is 10.5 Å². The fourth-order valence-electron chi connectivity index (χ4n) is 1.36. The van der Waals surface area contributed by atoms with Crippen molar-refractivity contribution in [2.45, 2.75) is 13.8 Å². The van der Waals surface area contributed by atoms with Gasteiger partial charge in [-0.25, -0.2) is 0 Å². The molecule has 2 aromatic rings. The standard InChI is InChI=1S/C12H13N3O/c1-8-4-3-5-10(9(8)2)16-12-7-14-6-11(13)15-12/h3-7H,1-2H3,(H2,13,15). The van der Waals surface area contributed by atoms with Crippen LogP contribution in [0.4, 0.5) is 5.82 Å². The molecule has 0 aliphatic rings. The number of nitrogens with zero attached hydrogens (tertiary/aromatic N) is 2. The molecule has 4 nitrogen and oxygen atoms in total. The first-order valence-electron chi connectivity index (χ1n) is 4.98. The van der Waals surface area contributed by atoms with Crippen LogP contribution in [0.25, 0.3) is 0 Å². The smallest absolute Gasteiger partial charge is 0.239 e. The van der Waals surface area contributed by atoms with Gasteiger partial charge in [0.15, 0.2) is 0 Å². The first kappa shape index (κ1) is 10.4. The lowest BCUT2D eigenvalue weighted by atomic mass is 10.1. The predicted octanol–water partition coefficient (Wildman–Crippen LogP) is 2.47. The number of rotatable bonds is 2. The van der Waals surface area contributed by atoms with Crippen LogP contribution in [0.2, 0.25) is 0 Å². The highest BCUT2D eigenvalue weighted by Gasteiger charge is 2.04. The summed E-state index contributed by atoms with van der Waals surface area (Å²) in [5, 5.41) is 0. The maximum Gasteiger partial charge on any atom is 0.239 e. The van der Waals surface area contributed by atoms with Gasteiger partial charge >= 0.3 is 0 Å². The quantitative estimate of drug-likeness (QED) is 0.835. The van der Waals surface area contributed by atoms with E-state index in [4.69, 9.17) is 10.5 Å². The molecule has 0 radical (unpaired) electrons. The number of aromatic nitrogens is 2. The van der Waals surface area contributed by atoms with Crippen molar-refractivity contribution >= 4 is 5.82 Å². The molecule has 16 heavy (non-hydrogen) atoms. The summed E-state index contributed by atoms with van der Waals surface area (Å²) in [6, 6.07) is 5.87. The van der Waals surface area contributed by atoms with Gasteiger partial charge in [0, 0.05) is 0 Å². The third-order valence-corrected chi connectivity index (χ3v) is 2.40. The Balaban J connectivity index is 2.31. The topological polar surface area (TPSA) is 61.0 Å². The molecule has 1 aromatic heterocycles. The van der Waals surface area contributed by atoms with Crippen LogP contribution in [0.3, 0.4) is 0 Å². The van der Waals surface area contributed by atoms with E-state index in [0.717, 1.165) is 11.3 Å². The molecule has 82 valence electrons. The molecule has 0 unspecified atom stereocenters. The number of nitrogen functional groups attached to an aromatic ring is 1. The van der Waals surface area contributed by atoms with Gasteiger partial charge in [0.05, 0.1) is 12.4 Å². The summed E-state index contributed by atoms with van der Waals surface area (Å²) >= 11 is 0. The Morgan fingerprint density at radius 1 is 1.19 bits per heavy atom. The molecular weight excluding hydrogens is 202 g/mol. The van der Waals surface area contributed by atoms with E-state index < -0.39 is 0 Å². The molecule has 1 aromatic carbocycles. The summed E-state index contributed by atoms with van der Waals surface area (Å²) in [4.78, 5) is 7.95. The molecule has 2 N–H and O–H groups in total. The SMILES string of the molecule is Cc1cccc(Oc2cncc(N)n2)c1C. The van der Waals surface area contributed by atoms with Crippen molar-refractivity contribution < 1.29 is 4.74 Å². The van der Waals surface area contributed by atoms with Gasteiger partial charge in [0.25, 0.3) is 0 Å². The van der Waals surface area contributed by atoms with Crippen molar-refractivity contribution in [3.05, 3.63) is 41.7 Å². The van der Waals surface area contributed by atoms with Gasteiger partial charge in [-0.2, -0.15) is 4.98 Å². The van der Waals surface area contributed by atoms with E-state index >= 15 is 0 Å². The van der Waals surface area contributed by atoms with Crippen molar-refractivity contribution in [2.24, 2.45) is 0 Å². The maximum absolute atomic E-state index is 5.62. The minimum atomic E-state index is 0.350. The maximum atomic E-state index is 5.62. The minimum Gasteiger partial charge on any atom is -0.437 e. The zero-order valence-corrected chi connectivity index (χ0v) is 9.27. The third-order valence-electron chi connectivity index (χ3n) is 2.40. The van der Waals surface area contributed by atoms with Crippen molar-refractivity contribution in [1.29, 1.82) is 0 Å². The van der Waals surface area contributed by atoms with Gasteiger partial charge in [-0.3, -0.25) is 4.98 Å². The van der Waals surface area contributed by atoms with Crippen LogP contribution in [0.1, 0.15) is 11.1 Å². The lowest BCUT2D eigenvalue weighted by Crippen LogP contribution is -1.96. The molecule has 0 aliphatic carbocycles. The average Bonchev–Trinajstić information content (AvgIpc) is 2.25. The Morgan fingerprint density at radius 3 is 2.75 bits per heavy atom. The molecule has 2 rings (SSSR count).